The van der Waals surface area contributed by atoms with Crippen molar-refractivity contribution in [3.63, 3.8) is 0 Å². The zero-order valence-electron chi connectivity index (χ0n) is 11.5. The van der Waals surface area contributed by atoms with E-state index < -0.39 is 11.9 Å². The molecule has 0 aliphatic heterocycles. The summed E-state index contributed by atoms with van der Waals surface area (Å²) in [5, 5.41) is 14.5. The average Bonchev–Trinajstić information content (AvgIpc) is 2.78. The molecule has 0 radical (unpaired) electrons. The molecule has 2 aromatic rings. The lowest BCUT2D eigenvalue weighted by Gasteiger charge is -2.06. The predicted octanol–water partition coefficient (Wildman–Crippen LogP) is 0.0340. The Balaban J connectivity index is 2.18. The molecule has 0 aliphatic carbocycles. The number of ether oxygens (including phenoxy) is 1. The number of rotatable bonds is 4. The first-order chi connectivity index (χ1) is 9.52. The maximum Gasteiger partial charge on any atom is 0.325 e. The minimum absolute atomic E-state index is 0.130. The molecule has 0 unspecified atom stereocenters. The minimum atomic E-state index is -0.498. The van der Waals surface area contributed by atoms with E-state index in [1.54, 1.807) is 24.4 Å². The lowest BCUT2D eigenvalue weighted by Crippen LogP contribution is -2.32. The van der Waals surface area contributed by atoms with Crippen molar-refractivity contribution in [2.75, 3.05) is 13.2 Å². The summed E-state index contributed by atoms with van der Waals surface area (Å²) in [6.45, 7) is 5.31. The zero-order valence-corrected chi connectivity index (χ0v) is 11.5. The molecule has 0 spiro atoms. The number of nitrogens with one attached hydrogen (secondary N) is 1. The van der Waals surface area contributed by atoms with Crippen LogP contribution in [0.1, 0.15) is 28.8 Å². The molecule has 0 aromatic carbocycles. The van der Waals surface area contributed by atoms with Crippen LogP contribution in [-0.4, -0.2) is 44.8 Å². The number of hydrogen-bond donors (Lipinski definition) is 1. The fourth-order valence-electron chi connectivity index (χ4n) is 1.74. The Labute approximate surface area is 115 Å². The van der Waals surface area contributed by atoms with Gasteiger partial charge in [-0.15, -0.1) is 10.2 Å². The Bertz CT molecular complexity index is 664. The average molecular weight is 277 g/mol. The number of carbonyl (C=O) groups excluding carboxylic acids is 2. The molecular weight excluding hydrogens is 262 g/mol. The first-order valence-electron chi connectivity index (χ1n) is 6.16. The summed E-state index contributed by atoms with van der Waals surface area (Å²) in [7, 11) is 0. The van der Waals surface area contributed by atoms with E-state index in [-0.39, 0.29) is 18.8 Å². The third-order valence-electron chi connectivity index (χ3n) is 2.64. The second kappa shape index (κ2) is 5.64. The quantitative estimate of drug-likeness (QED) is 0.792. The number of aromatic nitrogens is 4. The Hall–Kier alpha value is -2.51. The lowest BCUT2D eigenvalue weighted by atomic mass is 10.3. The first kappa shape index (κ1) is 13.9. The van der Waals surface area contributed by atoms with E-state index in [0.29, 0.717) is 11.3 Å². The van der Waals surface area contributed by atoms with E-state index in [9.17, 15) is 9.59 Å². The van der Waals surface area contributed by atoms with Crippen LogP contribution >= 0.6 is 0 Å². The summed E-state index contributed by atoms with van der Waals surface area (Å²) in [4.78, 5) is 23.2. The molecule has 1 amide bonds. The van der Waals surface area contributed by atoms with Crippen molar-refractivity contribution in [3.05, 3.63) is 23.1 Å². The summed E-state index contributed by atoms with van der Waals surface area (Å²) in [5.41, 5.74) is 2.04. The van der Waals surface area contributed by atoms with Gasteiger partial charge in [0.05, 0.1) is 18.0 Å². The summed E-state index contributed by atoms with van der Waals surface area (Å²) in [5.74, 6) is -0.986. The molecular formula is C12H15N5O3. The lowest BCUT2D eigenvalue weighted by molar-refractivity contribution is -0.141. The molecule has 0 aliphatic rings. The van der Waals surface area contributed by atoms with Gasteiger partial charge in [0.25, 0.3) is 5.91 Å². The summed E-state index contributed by atoms with van der Waals surface area (Å²) in [6.07, 6.45) is 0. The highest BCUT2D eigenvalue weighted by molar-refractivity contribution is 5.95. The number of hydrogen-bond acceptors (Lipinski definition) is 6. The molecule has 2 heterocycles. The minimum Gasteiger partial charge on any atom is -0.465 e. The molecule has 0 saturated heterocycles. The van der Waals surface area contributed by atoms with Gasteiger partial charge in [0.15, 0.2) is 11.3 Å². The highest BCUT2D eigenvalue weighted by Crippen LogP contribution is 2.08. The fourth-order valence-corrected chi connectivity index (χ4v) is 1.74. The van der Waals surface area contributed by atoms with Gasteiger partial charge in [-0.2, -0.15) is 5.10 Å². The SMILES string of the molecule is CCOC(=O)CNC(=O)c1nnc2cc(C)nn2c1C. The van der Waals surface area contributed by atoms with Crippen molar-refractivity contribution in [1.82, 2.24) is 25.1 Å². The van der Waals surface area contributed by atoms with E-state index in [2.05, 4.69) is 20.6 Å². The Kier molecular flexibility index (Phi) is 3.92. The number of aryl methyl sites for hydroxylation is 2. The molecule has 1 N–H and O–H groups in total. The Morgan fingerprint density at radius 3 is 2.80 bits per heavy atom. The number of esters is 1. The van der Waals surface area contributed by atoms with Crippen molar-refractivity contribution in [1.29, 1.82) is 0 Å². The van der Waals surface area contributed by atoms with Gasteiger partial charge in [-0.3, -0.25) is 9.59 Å². The predicted molar refractivity (Wildman–Crippen MR) is 69.2 cm³/mol. The van der Waals surface area contributed by atoms with Crippen molar-refractivity contribution >= 4 is 17.5 Å². The first-order valence-corrected chi connectivity index (χ1v) is 6.16. The molecule has 0 bridgehead atoms. The van der Waals surface area contributed by atoms with Gasteiger partial charge >= 0.3 is 5.97 Å². The van der Waals surface area contributed by atoms with Crippen LogP contribution in [0.5, 0.6) is 0 Å². The number of nitrogens with zero attached hydrogens (tertiary/aromatic N) is 4. The molecule has 8 nitrogen and oxygen atoms in total. The van der Waals surface area contributed by atoms with E-state index in [1.165, 1.54) is 0 Å². The van der Waals surface area contributed by atoms with Crippen LogP contribution in [0, 0.1) is 13.8 Å². The topological polar surface area (TPSA) is 98.5 Å². The molecule has 106 valence electrons. The van der Waals surface area contributed by atoms with Crippen LogP contribution in [0.4, 0.5) is 0 Å². The third-order valence-corrected chi connectivity index (χ3v) is 2.64. The van der Waals surface area contributed by atoms with Crippen LogP contribution in [0.3, 0.4) is 0 Å². The maximum absolute atomic E-state index is 12.0. The number of carbonyl (C=O) groups is 2. The molecule has 2 rings (SSSR count). The van der Waals surface area contributed by atoms with Crippen molar-refractivity contribution in [2.24, 2.45) is 0 Å². The molecule has 0 saturated carbocycles. The molecule has 0 fully saturated rings. The van der Waals surface area contributed by atoms with Gasteiger partial charge in [-0.25, -0.2) is 4.52 Å². The van der Waals surface area contributed by atoms with Gasteiger partial charge in [0, 0.05) is 6.07 Å². The van der Waals surface area contributed by atoms with Crippen LogP contribution in [0.15, 0.2) is 6.07 Å². The van der Waals surface area contributed by atoms with E-state index >= 15 is 0 Å². The molecule has 2 aromatic heterocycles. The zero-order chi connectivity index (χ0) is 14.7. The van der Waals surface area contributed by atoms with Gasteiger partial charge in [-0.1, -0.05) is 0 Å². The van der Waals surface area contributed by atoms with Crippen molar-refractivity contribution < 1.29 is 14.3 Å². The van der Waals surface area contributed by atoms with Crippen LogP contribution in [-0.2, 0) is 9.53 Å². The molecule has 8 heteroatoms. The normalized spacial score (nSPS) is 10.6. The standard InChI is InChI=1S/C12H15N5O3/c1-4-20-10(18)6-13-12(19)11-8(3)17-9(14-15-11)5-7(2)16-17/h5H,4,6H2,1-3H3,(H,13,19). The highest BCUT2D eigenvalue weighted by Gasteiger charge is 2.16. The monoisotopic (exact) mass is 277 g/mol. The van der Waals surface area contributed by atoms with E-state index in [1.807, 2.05) is 6.92 Å². The summed E-state index contributed by atoms with van der Waals surface area (Å²) >= 11 is 0. The Morgan fingerprint density at radius 2 is 2.10 bits per heavy atom. The molecule has 0 atom stereocenters. The summed E-state index contributed by atoms with van der Waals surface area (Å²) in [6, 6.07) is 1.76. The second-order valence-electron chi connectivity index (χ2n) is 4.18. The maximum atomic E-state index is 12.0. The van der Waals surface area contributed by atoms with Crippen LogP contribution in [0.2, 0.25) is 0 Å². The van der Waals surface area contributed by atoms with E-state index in [0.717, 1.165) is 5.69 Å². The second-order valence-corrected chi connectivity index (χ2v) is 4.18. The van der Waals surface area contributed by atoms with Gasteiger partial charge < -0.3 is 10.1 Å². The Morgan fingerprint density at radius 1 is 1.35 bits per heavy atom. The highest BCUT2D eigenvalue weighted by atomic mass is 16.5. The fraction of sp³-hybridized carbons (Fsp3) is 0.417. The van der Waals surface area contributed by atoms with Crippen LogP contribution < -0.4 is 5.32 Å². The van der Waals surface area contributed by atoms with Gasteiger partial charge in [0.1, 0.15) is 6.54 Å². The molecule has 20 heavy (non-hydrogen) atoms. The largest absolute Gasteiger partial charge is 0.465 e. The summed E-state index contributed by atoms with van der Waals surface area (Å²) < 4.78 is 6.27. The van der Waals surface area contributed by atoms with E-state index in [4.69, 9.17) is 4.74 Å². The third kappa shape index (κ3) is 2.73. The smallest absolute Gasteiger partial charge is 0.325 e. The number of fused-ring (bicyclic) bond motifs is 1. The van der Waals surface area contributed by atoms with Gasteiger partial charge in [0.2, 0.25) is 0 Å². The van der Waals surface area contributed by atoms with Crippen molar-refractivity contribution in [2.45, 2.75) is 20.8 Å². The number of amides is 1. The van der Waals surface area contributed by atoms with Gasteiger partial charge in [-0.05, 0) is 20.8 Å². The van der Waals surface area contributed by atoms with Crippen LogP contribution in [0.25, 0.3) is 5.65 Å². The van der Waals surface area contributed by atoms with Crippen molar-refractivity contribution in [3.8, 4) is 0 Å².